The van der Waals surface area contributed by atoms with E-state index in [1.165, 1.54) is 6.08 Å². The highest BCUT2D eigenvalue weighted by Crippen LogP contribution is 2.36. The van der Waals surface area contributed by atoms with Crippen LogP contribution < -0.4 is 5.32 Å². The molecule has 1 amide bonds. The topological polar surface area (TPSA) is 29.1 Å². The van der Waals surface area contributed by atoms with Crippen molar-refractivity contribution in [1.82, 2.24) is 5.32 Å². The first kappa shape index (κ1) is 9.23. The molecule has 0 aromatic carbocycles. The highest BCUT2D eigenvalue weighted by molar-refractivity contribution is 5.88. The molecule has 1 saturated carbocycles. The van der Waals surface area contributed by atoms with Crippen LogP contribution in [0.2, 0.25) is 0 Å². The number of likely N-dealkylation sites (N-methyl/N-ethyl adjacent to an activating group) is 1. The molecule has 0 aromatic rings. The van der Waals surface area contributed by atoms with Crippen LogP contribution in [0.15, 0.2) is 11.6 Å². The number of allylic oxidation sites excluding steroid dienone is 1. The molecule has 0 spiro atoms. The van der Waals surface area contributed by atoms with Crippen LogP contribution in [0.4, 0.5) is 4.39 Å². The molecule has 1 aliphatic carbocycles. The minimum Gasteiger partial charge on any atom is -0.353 e. The van der Waals surface area contributed by atoms with E-state index in [4.69, 9.17) is 0 Å². The molecule has 0 saturated heterocycles. The third kappa shape index (κ3) is 2.64. The summed E-state index contributed by atoms with van der Waals surface area (Å²) in [6.45, 7) is 1.96. The van der Waals surface area contributed by atoms with Crippen LogP contribution in [0.25, 0.3) is 0 Å². The number of nitrogens with one attached hydrogen (secondary N) is 1. The van der Waals surface area contributed by atoms with Gasteiger partial charge in [-0.05, 0) is 31.3 Å². The average Bonchev–Trinajstić information content (AvgIpc) is 2.83. The van der Waals surface area contributed by atoms with Crippen LogP contribution in [-0.2, 0) is 4.79 Å². The zero-order valence-corrected chi connectivity index (χ0v) is 7.27. The Morgan fingerprint density at radius 3 is 2.75 bits per heavy atom. The Labute approximate surface area is 71.8 Å². The molecule has 0 aromatic heterocycles. The Balaban J connectivity index is 2.44. The first-order valence-corrected chi connectivity index (χ1v) is 4.32. The van der Waals surface area contributed by atoms with Gasteiger partial charge in [0.05, 0.1) is 0 Å². The van der Waals surface area contributed by atoms with Crippen molar-refractivity contribution < 1.29 is 9.18 Å². The number of rotatable bonds is 4. The van der Waals surface area contributed by atoms with E-state index in [9.17, 15) is 9.18 Å². The molecule has 1 aliphatic rings. The van der Waals surface area contributed by atoms with Gasteiger partial charge in [-0.25, -0.2) is 4.39 Å². The molecule has 12 heavy (non-hydrogen) atoms. The second-order valence-corrected chi connectivity index (χ2v) is 3.02. The normalized spacial score (nSPS) is 17.7. The van der Waals surface area contributed by atoms with E-state index in [0.717, 1.165) is 12.8 Å². The van der Waals surface area contributed by atoms with Gasteiger partial charge in [-0.15, -0.1) is 0 Å². The number of hydrogen-bond acceptors (Lipinski definition) is 1. The Kier molecular flexibility index (Phi) is 3.26. The van der Waals surface area contributed by atoms with Crippen molar-refractivity contribution in [2.75, 3.05) is 13.2 Å². The van der Waals surface area contributed by atoms with Crippen LogP contribution >= 0.6 is 0 Å². The first-order chi connectivity index (χ1) is 5.77. The van der Waals surface area contributed by atoms with Gasteiger partial charge in [0.15, 0.2) is 0 Å². The molecular formula is C9H14FNO. The third-order valence-corrected chi connectivity index (χ3v) is 1.92. The van der Waals surface area contributed by atoms with Gasteiger partial charge in [-0.2, -0.15) is 0 Å². The molecule has 0 unspecified atom stereocenters. The summed E-state index contributed by atoms with van der Waals surface area (Å²) in [6.07, 6.45) is 3.48. The van der Waals surface area contributed by atoms with Crippen LogP contribution in [-0.4, -0.2) is 19.1 Å². The molecule has 0 atom stereocenters. The van der Waals surface area contributed by atoms with Crippen molar-refractivity contribution in [3.05, 3.63) is 11.6 Å². The van der Waals surface area contributed by atoms with Crippen molar-refractivity contribution >= 4 is 5.91 Å². The van der Waals surface area contributed by atoms with E-state index >= 15 is 0 Å². The summed E-state index contributed by atoms with van der Waals surface area (Å²) in [5.74, 6) is 0.176. The lowest BCUT2D eigenvalue weighted by molar-refractivity contribution is -0.116. The summed E-state index contributed by atoms with van der Waals surface area (Å²) in [5.41, 5.74) is 0.654. The van der Waals surface area contributed by atoms with Gasteiger partial charge < -0.3 is 5.32 Å². The second-order valence-electron chi connectivity index (χ2n) is 3.02. The van der Waals surface area contributed by atoms with E-state index in [1.807, 2.05) is 6.92 Å². The Morgan fingerprint density at radius 2 is 2.33 bits per heavy atom. The number of alkyl halides is 1. The molecule has 68 valence electrons. The summed E-state index contributed by atoms with van der Waals surface area (Å²) in [6, 6.07) is 0. The molecule has 1 N–H and O–H groups in total. The van der Waals surface area contributed by atoms with Gasteiger partial charge in [0.1, 0.15) is 6.67 Å². The fourth-order valence-electron chi connectivity index (χ4n) is 1.11. The maximum absolute atomic E-state index is 12.3. The van der Waals surface area contributed by atoms with Crippen molar-refractivity contribution in [3.8, 4) is 0 Å². The number of hydrogen-bond donors (Lipinski definition) is 1. The fraction of sp³-hybridized carbons (Fsp3) is 0.667. The summed E-state index contributed by atoms with van der Waals surface area (Å²) in [5, 5.41) is 2.61. The van der Waals surface area contributed by atoms with E-state index in [-0.39, 0.29) is 5.91 Å². The molecule has 0 aliphatic heterocycles. The Morgan fingerprint density at radius 1 is 1.67 bits per heavy atom. The molecule has 0 bridgehead atoms. The van der Waals surface area contributed by atoms with Crippen molar-refractivity contribution in [3.63, 3.8) is 0 Å². The van der Waals surface area contributed by atoms with Gasteiger partial charge in [-0.1, -0.05) is 0 Å². The van der Waals surface area contributed by atoms with Gasteiger partial charge in [0, 0.05) is 12.6 Å². The largest absolute Gasteiger partial charge is 0.353 e. The number of halogens is 1. The molecule has 1 rings (SSSR count). The zero-order chi connectivity index (χ0) is 8.97. The molecule has 2 nitrogen and oxygen atoms in total. The number of amides is 1. The first-order valence-electron chi connectivity index (χ1n) is 4.32. The van der Waals surface area contributed by atoms with Crippen molar-refractivity contribution in [2.45, 2.75) is 19.8 Å². The van der Waals surface area contributed by atoms with Gasteiger partial charge in [0.25, 0.3) is 0 Å². The molecule has 0 radical (unpaired) electrons. The lowest BCUT2D eigenvalue weighted by Gasteiger charge is -1.99. The number of carbonyl (C=O) groups is 1. The summed E-state index contributed by atoms with van der Waals surface area (Å²) >= 11 is 0. The predicted molar refractivity (Wildman–Crippen MR) is 45.5 cm³/mol. The maximum atomic E-state index is 12.3. The van der Waals surface area contributed by atoms with Crippen LogP contribution in [0.5, 0.6) is 0 Å². The monoisotopic (exact) mass is 171 g/mol. The minimum absolute atomic E-state index is 0.169. The quantitative estimate of drug-likeness (QED) is 0.637. The minimum atomic E-state index is -0.484. The molecule has 0 heterocycles. The lowest BCUT2D eigenvalue weighted by Crippen LogP contribution is -2.20. The summed E-state index contributed by atoms with van der Waals surface area (Å²) in [7, 11) is 0. The van der Waals surface area contributed by atoms with Gasteiger partial charge in [0.2, 0.25) is 5.91 Å². The van der Waals surface area contributed by atoms with Crippen LogP contribution in [0.3, 0.4) is 0 Å². The van der Waals surface area contributed by atoms with Crippen LogP contribution in [0.1, 0.15) is 19.8 Å². The van der Waals surface area contributed by atoms with E-state index in [2.05, 4.69) is 5.32 Å². The van der Waals surface area contributed by atoms with Crippen molar-refractivity contribution in [2.24, 2.45) is 5.92 Å². The summed E-state index contributed by atoms with van der Waals surface area (Å²) in [4.78, 5) is 11.0. The Hall–Kier alpha value is -0.860. The molecule has 1 fully saturated rings. The summed E-state index contributed by atoms with van der Waals surface area (Å²) < 4.78 is 12.3. The number of carbonyl (C=O) groups excluding carboxylic acids is 1. The Bertz CT molecular complexity index is 197. The smallest absolute Gasteiger partial charge is 0.244 e. The standard InChI is InChI=1S/C9H14FNO/c1-2-11-9(12)5-8(6-10)7-3-4-7/h5,7H,2-4,6H2,1H3,(H,11,12)/b8-5-. The lowest BCUT2D eigenvalue weighted by atomic mass is 10.2. The fourth-order valence-corrected chi connectivity index (χ4v) is 1.11. The van der Waals surface area contributed by atoms with Crippen molar-refractivity contribution in [1.29, 1.82) is 0 Å². The van der Waals surface area contributed by atoms with Gasteiger partial charge in [-0.3, -0.25) is 4.79 Å². The van der Waals surface area contributed by atoms with Gasteiger partial charge >= 0.3 is 0 Å². The second kappa shape index (κ2) is 4.24. The highest BCUT2D eigenvalue weighted by atomic mass is 19.1. The van der Waals surface area contributed by atoms with Crippen LogP contribution in [0, 0.1) is 5.92 Å². The SMILES string of the molecule is CCNC(=O)/C=C(/CF)C1CC1. The van der Waals surface area contributed by atoms with E-state index < -0.39 is 6.67 Å². The third-order valence-electron chi connectivity index (χ3n) is 1.92. The average molecular weight is 171 g/mol. The highest BCUT2D eigenvalue weighted by Gasteiger charge is 2.26. The maximum Gasteiger partial charge on any atom is 0.244 e. The van der Waals surface area contributed by atoms with E-state index in [1.54, 1.807) is 0 Å². The van der Waals surface area contributed by atoms with E-state index in [0.29, 0.717) is 18.0 Å². The zero-order valence-electron chi connectivity index (χ0n) is 7.27. The molecule has 3 heteroatoms. The predicted octanol–water partition coefficient (Wildman–Crippen LogP) is 1.43. The molecular weight excluding hydrogens is 157 g/mol.